The molecule has 0 spiro atoms. The number of aliphatic hydroxyl groups is 1. The Labute approximate surface area is 121 Å². The van der Waals surface area contributed by atoms with Gasteiger partial charge in [-0.2, -0.15) is 0 Å². The number of hydrogen-bond donors (Lipinski definition) is 3. The average molecular weight is 275 g/mol. The Morgan fingerprint density at radius 2 is 2.05 bits per heavy atom. The van der Waals surface area contributed by atoms with Gasteiger partial charge in [0.2, 0.25) is 0 Å². The molecule has 0 radical (unpaired) electrons. The molecule has 4 heteroatoms. The lowest BCUT2D eigenvalue weighted by Gasteiger charge is -2.36. The number of amidine groups is 1. The van der Waals surface area contributed by atoms with Gasteiger partial charge in [-0.1, -0.05) is 19.3 Å². The highest BCUT2D eigenvalue weighted by molar-refractivity contribution is 5.96. The van der Waals surface area contributed by atoms with E-state index in [0.29, 0.717) is 12.6 Å². The van der Waals surface area contributed by atoms with Gasteiger partial charge in [-0.3, -0.25) is 5.41 Å². The highest BCUT2D eigenvalue weighted by atomic mass is 16.3. The molecule has 0 unspecified atom stereocenters. The van der Waals surface area contributed by atoms with E-state index < -0.39 is 0 Å². The zero-order valence-corrected chi connectivity index (χ0v) is 12.2. The summed E-state index contributed by atoms with van der Waals surface area (Å²) < 4.78 is 0. The highest BCUT2D eigenvalue weighted by Crippen LogP contribution is 2.28. The molecule has 0 heterocycles. The van der Waals surface area contributed by atoms with Crippen molar-refractivity contribution in [3.05, 3.63) is 29.3 Å². The van der Waals surface area contributed by atoms with Crippen molar-refractivity contribution in [1.82, 2.24) is 0 Å². The molecule has 0 bridgehead atoms. The zero-order chi connectivity index (χ0) is 14.5. The molecule has 2 rings (SSSR count). The number of aliphatic hydroxyl groups excluding tert-OH is 1. The molecule has 1 aromatic rings. The Morgan fingerprint density at radius 3 is 2.60 bits per heavy atom. The van der Waals surface area contributed by atoms with E-state index in [9.17, 15) is 5.11 Å². The number of nitrogens with zero attached hydrogens (tertiary/aromatic N) is 1. The van der Waals surface area contributed by atoms with E-state index in [1.165, 1.54) is 32.1 Å². The van der Waals surface area contributed by atoms with Crippen molar-refractivity contribution in [1.29, 1.82) is 5.41 Å². The van der Waals surface area contributed by atoms with Crippen LogP contribution in [0.5, 0.6) is 0 Å². The molecular weight excluding hydrogens is 250 g/mol. The molecule has 1 aromatic carbocycles. The highest BCUT2D eigenvalue weighted by Gasteiger charge is 2.21. The molecule has 20 heavy (non-hydrogen) atoms. The second-order valence-electron chi connectivity index (χ2n) is 5.62. The number of hydrogen-bond acceptors (Lipinski definition) is 3. The van der Waals surface area contributed by atoms with Gasteiger partial charge in [-0.05, 0) is 43.5 Å². The summed E-state index contributed by atoms with van der Waals surface area (Å²) in [5.41, 5.74) is 8.52. The van der Waals surface area contributed by atoms with Crippen molar-refractivity contribution in [2.45, 2.75) is 45.1 Å². The van der Waals surface area contributed by atoms with Crippen molar-refractivity contribution < 1.29 is 5.11 Å². The minimum Gasteiger partial charge on any atom is -0.395 e. The van der Waals surface area contributed by atoms with Crippen LogP contribution in [0.4, 0.5) is 5.69 Å². The van der Waals surface area contributed by atoms with E-state index in [1.54, 1.807) is 0 Å². The number of nitrogens with two attached hydrogens (primary N) is 1. The van der Waals surface area contributed by atoms with Crippen LogP contribution < -0.4 is 10.6 Å². The molecule has 1 aliphatic carbocycles. The van der Waals surface area contributed by atoms with E-state index >= 15 is 0 Å². The SMILES string of the molecule is Cc1cc(N(CCO)C2CCCCC2)ccc1C(=N)N. The van der Waals surface area contributed by atoms with Crippen LogP contribution in [0.1, 0.15) is 43.2 Å². The molecule has 1 aliphatic rings. The van der Waals surface area contributed by atoms with Gasteiger partial charge in [0.1, 0.15) is 5.84 Å². The Bertz CT molecular complexity index is 467. The van der Waals surface area contributed by atoms with Crippen LogP contribution >= 0.6 is 0 Å². The minimum atomic E-state index is 0.112. The monoisotopic (exact) mass is 275 g/mol. The largest absolute Gasteiger partial charge is 0.395 e. The van der Waals surface area contributed by atoms with Crippen LogP contribution in [0.3, 0.4) is 0 Å². The lowest BCUT2D eigenvalue weighted by Crippen LogP contribution is -2.39. The van der Waals surface area contributed by atoms with Gasteiger partial charge in [0, 0.05) is 23.8 Å². The van der Waals surface area contributed by atoms with Crippen LogP contribution in [-0.2, 0) is 0 Å². The quantitative estimate of drug-likeness (QED) is 0.570. The van der Waals surface area contributed by atoms with E-state index in [0.717, 1.165) is 16.8 Å². The normalized spacial score (nSPS) is 16.1. The van der Waals surface area contributed by atoms with Gasteiger partial charge >= 0.3 is 0 Å². The summed E-state index contributed by atoms with van der Waals surface area (Å²) in [5, 5.41) is 16.9. The first-order valence-corrected chi connectivity index (χ1v) is 7.46. The lowest BCUT2D eigenvalue weighted by molar-refractivity contribution is 0.290. The first-order chi connectivity index (χ1) is 9.63. The van der Waals surface area contributed by atoms with Crippen LogP contribution in [0.25, 0.3) is 0 Å². The number of rotatable bonds is 5. The van der Waals surface area contributed by atoms with Crippen LogP contribution in [-0.4, -0.2) is 30.1 Å². The summed E-state index contributed by atoms with van der Waals surface area (Å²) in [6, 6.07) is 6.55. The molecular formula is C16H25N3O. The molecule has 4 nitrogen and oxygen atoms in total. The van der Waals surface area contributed by atoms with Crippen molar-refractivity contribution in [2.75, 3.05) is 18.1 Å². The van der Waals surface area contributed by atoms with Gasteiger partial charge in [-0.15, -0.1) is 0 Å². The van der Waals surface area contributed by atoms with E-state index in [-0.39, 0.29) is 12.4 Å². The minimum absolute atomic E-state index is 0.112. The van der Waals surface area contributed by atoms with E-state index in [4.69, 9.17) is 11.1 Å². The van der Waals surface area contributed by atoms with Crippen molar-refractivity contribution >= 4 is 11.5 Å². The summed E-state index contributed by atoms with van der Waals surface area (Å²) in [6.45, 7) is 2.83. The molecule has 4 N–H and O–H groups in total. The van der Waals surface area contributed by atoms with Crippen LogP contribution in [0.15, 0.2) is 18.2 Å². The average Bonchev–Trinajstić information content (AvgIpc) is 2.45. The predicted molar refractivity (Wildman–Crippen MR) is 83.5 cm³/mol. The fraction of sp³-hybridized carbons (Fsp3) is 0.562. The third-order valence-electron chi connectivity index (χ3n) is 4.19. The second kappa shape index (κ2) is 6.75. The Balaban J connectivity index is 2.24. The maximum Gasteiger partial charge on any atom is 0.123 e. The smallest absolute Gasteiger partial charge is 0.123 e. The zero-order valence-electron chi connectivity index (χ0n) is 12.2. The number of nitrogen functional groups attached to an aromatic ring is 1. The Morgan fingerprint density at radius 1 is 1.35 bits per heavy atom. The van der Waals surface area contributed by atoms with Gasteiger partial charge in [-0.25, -0.2) is 0 Å². The first-order valence-electron chi connectivity index (χ1n) is 7.46. The van der Waals surface area contributed by atoms with Crippen LogP contribution in [0.2, 0.25) is 0 Å². The number of aryl methyl sites for hydroxylation is 1. The molecule has 110 valence electrons. The molecule has 0 aromatic heterocycles. The topological polar surface area (TPSA) is 73.3 Å². The van der Waals surface area contributed by atoms with Crippen molar-refractivity contribution in [2.24, 2.45) is 5.73 Å². The second-order valence-corrected chi connectivity index (χ2v) is 5.62. The standard InChI is InChI=1S/C16H25N3O/c1-12-11-14(7-8-15(12)16(17)18)19(9-10-20)13-5-3-2-4-6-13/h7-8,11,13,20H,2-6,9-10H2,1H3,(H3,17,18). The van der Waals surface area contributed by atoms with Crippen molar-refractivity contribution in [3.63, 3.8) is 0 Å². The van der Waals surface area contributed by atoms with Gasteiger partial charge in [0.15, 0.2) is 0 Å². The van der Waals surface area contributed by atoms with E-state index in [1.807, 2.05) is 19.1 Å². The molecule has 1 saturated carbocycles. The molecule has 0 atom stereocenters. The lowest BCUT2D eigenvalue weighted by atomic mass is 9.93. The third-order valence-corrected chi connectivity index (χ3v) is 4.19. The summed E-state index contributed by atoms with van der Waals surface area (Å²) in [7, 11) is 0. The molecule has 0 aliphatic heterocycles. The number of benzene rings is 1. The van der Waals surface area contributed by atoms with Crippen molar-refractivity contribution in [3.8, 4) is 0 Å². The number of nitrogens with one attached hydrogen (secondary N) is 1. The summed E-state index contributed by atoms with van der Waals surface area (Å²) in [6.07, 6.45) is 6.28. The molecule has 1 fully saturated rings. The van der Waals surface area contributed by atoms with Crippen LogP contribution in [0, 0.1) is 12.3 Å². The first kappa shape index (κ1) is 14.9. The molecule has 0 amide bonds. The van der Waals surface area contributed by atoms with Gasteiger partial charge in [0.05, 0.1) is 6.61 Å². The maximum atomic E-state index is 9.34. The Kier molecular flexibility index (Phi) is 5.01. The van der Waals surface area contributed by atoms with Gasteiger partial charge < -0.3 is 15.7 Å². The maximum absolute atomic E-state index is 9.34. The fourth-order valence-electron chi connectivity index (χ4n) is 3.15. The summed E-state index contributed by atoms with van der Waals surface area (Å²) >= 11 is 0. The number of anilines is 1. The third kappa shape index (κ3) is 3.31. The molecule has 0 saturated heterocycles. The summed E-state index contributed by atoms with van der Waals surface area (Å²) in [4.78, 5) is 2.32. The fourth-order valence-corrected chi connectivity index (χ4v) is 3.15. The summed E-state index contributed by atoms with van der Waals surface area (Å²) in [5.74, 6) is 0.112. The Hall–Kier alpha value is -1.55. The van der Waals surface area contributed by atoms with E-state index in [2.05, 4.69) is 11.0 Å². The predicted octanol–water partition coefficient (Wildman–Crippen LogP) is 2.41. The van der Waals surface area contributed by atoms with Gasteiger partial charge in [0.25, 0.3) is 0 Å².